The van der Waals surface area contributed by atoms with Crippen LogP contribution in [0, 0.1) is 6.92 Å². The number of aryl methyl sites for hydroxylation is 1. The lowest BCUT2D eigenvalue weighted by atomic mass is 10.2. The van der Waals surface area contributed by atoms with Crippen molar-refractivity contribution < 1.29 is 9.53 Å². The first-order chi connectivity index (χ1) is 11.5. The number of carbonyl (C=O) groups is 1. The van der Waals surface area contributed by atoms with Gasteiger partial charge in [-0.3, -0.25) is 15.1 Å². The van der Waals surface area contributed by atoms with Gasteiger partial charge < -0.3 is 10.1 Å². The van der Waals surface area contributed by atoms with Crippen molar-refractivity contribution in [3.63, 3.8) is 0 Å². The SMILES string of the molecule is Cc1cc(Cl)ccc1OCCNC(=S)NC(=O)c1cncc(Br)c1. The van der Waals surface area contributed by atoms with E-state index in [2.05, 4.69) is 31.5 Å². The normalized spacial score (nSPS) is 10.1. The summed E-state index contributed by atoms with van der Waals surface area (Å²) in [6.45, 7) is 2.78. The summed E-state index contributed by atoms with van der Waals surface area (Å²) in [5, 5.41) is 6.41. The third-order valence-electron chi connectivity index (χ3n) is 2.98. The number of hydrogen-bond acceptors (Lipinski definition) is 4. The van der Waals surface area contributed by atoms with Crippen LogP contribution in [-0.4, -0.2) is 29.2 Å². The van der Waals surface area contributed by atoms with Crippen LogP contribution in [0.4, 0.5) is 0 Å². The van der Waals surface area contributed by atoms with E-state index in [-0.39, 0.29) is 11.0 Å². The van der Waals surface area contributed by atoms with Gasteiger partial charge in [-0.15, -0.1) is 0 Å². The molecule has 0 spiro atoms. The monoisotopic (exact) mass is 427 g/mol. The van der Waals surface area contributed by atoms with Gasteiger partial charge in [0, 0.05) is 21.9 Å². The third kappa shape index (κ3) is 5.74. The Balaban J connectivity index is 1.74. The molecule has 1 aromatic heterocycles. The molecular weight excluding hydrogens is 414 g/mol. The van der Waals surface area contributed by atoms with Gasteiger partial charge in [-0.2, -0.15) is 0 Å². The van der Waals surface area contributed by atoms with Crippen molar-refractivity contribution in [2.24, 2.45) is 0 Å². The minimum Gasteiger partial charge on any atom is -0.491 e. The van der Waals surface area contributed by atoms with Crippen LogP contribution in [0.25, 0.3) is 0 Å². The molecule has 0 bridgehead atoms. The topological polar surface area (TPSA) is 63.2 Å². The standard InChI is InChI=1S/C16H15BrClN3O2S/c1-10-6-13(18)2-3-14(10)23-5-4-20-16(24)21-15(22)11-7-12(17)9-19-8-11/h2-3,6-9H,4-5H2,1H3,(H2,20,21,22,24). The Morgan fingerprint density at radius 3 is 2.88 bits per heavy atom. The molecule has 0 saturated carbocycles. The highest BCUT2D eigenvalue weighted by molar-refractivity contribution is 9.10. The van der Waals surface area contributed by atoms with Crippen LogP contribution >= 0.6 is 39.7 Å². The fraction of sp³-hybridized carbons (Fsp3) is 0.188. The fourth-order valence-electron chi connectivity index (χ4n) is 1.86. The molecule has 0 unspecified atom stereocenters. The number of thiocarbonyl (C=S) groups is 1. The van der Waals surface area contributed by atoms with E-state index < -0.39 is 0 Å². The quantitative estimate of drug-likeness (QED) is 0.564. The fourth-order valence-corrected chi connectivity index (χ4v) is 2.64. The van der Waals surface area contributed by atoms with Crippen molar-refractivity contribution in [2.75, 3.05) is 13.2 Å². The minimum atomic E-state index is -0.323. The van der Waals surface area contributed by atoms with Gasteiger partial charge in [-0.05, 0) is 64.9 Å². The number of ether oxygens (including phenoxy) is 1. The molecule has 0 aliphatic rings. The lowest BCUT2D eigenvalue weighted by Gasteiger charge is -2.12. The smallest absolute Gasteiger partial charge is 0.259 e. The maximum atomic E-state index is 12.0. The molecule has 24 heavy (non-hydrogen) atoms. The number of halogens is 2. The number of rotatable bonds is 5. The van der Waals surface area contributed by atoms with Gasteiger partial charge >= 0.3 is 0 Å². The largest absolute Gasteiger partial charge is 0.491 e. The second-order valence-electron chi connectivity index (χ2n) is 4.86. The molecule has 1 amide bonds. The van der Waals surface area contributed by atoms with Gasteiger partial charge in [0.25, 0.3) is 5.91 Å². The lowest BCUT2D eigenvalue weighted by molar-refractivity contribution is 0.0976. The van der Waals surface area contributed by atoms with Crippen LogP contribution in [0.1, 0.15) is 15.9 Å². The molecule has 0 fully saturated rings. The van der Waals surface area contributed by atoms with Gasteiger partial charge in [0.15, 0.2) is 5.11 Å². The van der Waals surface area contributed by atoms with E-state index >= 15 is 0 Å². The molecule has 0 atom stereocenters. The zero-order valence-corrected chi connectivity index (χ0v) is 16.0. The molecule has 1 heterocycles. The van der Waals surface area contributed by atoms with E-state index in [1.807, 2.05) is 19.1 Å². The maximum absolute atomic E-state index is 12.0. The molecule has 2 rings (SSSR count). The van der Waals surface area contributed by atoms with Gasteiger partial charge in [0.2, 0.25) is 0 Å². The second kappa shape index (κ2) is 8.96. The summed E-state index contributed by atoms with van der Waals surface area (Å²) in [4.78, 5) is 15.9. The molecule has 5 nitrogen and oxygen atoms in total. The first-order valence-electron chi connectivity index (χ1n) is 7.04. The van der Waals surface area contributed by atoms with E-state index in [1.165, 1.54) is 6.20 Å². The highest BCUT2D eigenvalue weighted by Crippen LogP contribution is 2.21. The first-order valence-corrected chi connectivity index (χ1v) is 8.62. The predicted octanol–water partition coefficient (Wildman–Crippen LogP) is 3.49. The summed E-state index contributed by atoms with van der Waals surface area (Å²) in [6, 6.07) is 7.09. The average molecular weight is 429 g/mol. The highest BCUT2D eigenvalue weighted by atomic mass is 79.9. The van der Waals surface area contributed by atoms with Crippen LogP contribution < -0.4 is 15.4 Å². The number of carbonyl (C=O) groups excluding carboxylic acids is 1. The maximum Gasteiger partial charge on any atom is 0.259 e. The highest BCUT2D eigenvalue weighted by Gasteiger charge is 2.08. The molecule has 126 valence electrons. The summed E-state index contributed by atoms with van der Waals surface area (Å²) in [7, 11) is 0. The number of nitrogens with one attached hydrogen (secondary N) is 2. The second-order valence-corrected chi connectivity index (χ2v) is 6.62. The number of aromatic nitrogens is 1. The number of amides is 1. The molecule has 8 heteroatoms. The van der Waals surface area contributed by atoms with E-state index in [1.54, 1.807) is 18.3 Å². The molecule has 0 saturated heterocycles. The van der Waals surface area contributed by atoms with Crippen molar-refractivity contribution in [1.29, 1.82) is 0 Å². The van der Waals surface area contributed by atoms with Gasteiger partial charge in [-0.25, -0.2) is 0 Å². The van der Waals surface area contributed by atoms with E-state index in [0.29, 0.717) is 23.7 Å². The average Bonchev–Trinajstić information content (AvgIpc) is 2.53. The Morgan fingerprint density at radius 2 is 2.17 bits per heavy atom. The van der Waals surface area contributed by atoms with Crippen molar-refractivity contribution in [2.45, 2.75) is 6.92 Å². The molecule has 2 aromatic rings. The van der Waals surface area contributed by atoms with Crippen molar-refractivity contribution in [1.82, 2.24) is 15.6 Å². The van der Waals surface area contributed by atoms with Crippen LogP contribution in [0.15, 0.2) is 41.1 Å². The third-order valence-corrected chi connectivity index (χ3v) is 3.89. The summed E-state index contributed by atoms with van der Waals surface area (Å²) < 4.78 is 6.36. The van der Waals surface area contributed by atoms with E-state index in [9.17, 15) is 4.79 Å². The van der Waals surface area contributed by atoms with Crippen molar-refractivity contribution in [3.8, 4) is 5.75 Å². The van der Waals surface area contributed by atoms with Crippen molar-refractivity contribution >= 4 is 50.8 Å². The van der Waals surface area contributed by atoms with Crippen LogP contribution in [0.3, 0.4) is 0 Å². The Morgan fingerprint density at radius 1 is 1.38 bits per heavy atom. The zero-order valence-electron chi connectivity index (χ0n) is 12.8. The molecule has 2 N–H and O–H groups in total. The van der Waals surface area contributed by atoms with E-state index in [0.717, 1.165) is 15.8 Å². The molecule has 0 radical (unpaired) electrons. The summed E-state index contributed by atoms with van der Waals surface area (Å²) >= 11 is 14.2. The number of benzene rings is 1. The van der Waals surface area contributed by atoms with Gasteiger partial charge in [0.05, 0.1) is 12.1 Å². The minimum absolute atomic E-state index is 0.233. The number of nitrogens with zero attached hydrogens (tertiary/aromatic N) is 1. The predicted molar refractivity (Wildman–Crippen MR) is 102 cm³/mol. The summed E-state index contributed by atoms with van der Waals surface area (Å²) in [5.41, 5.74) is 1.38. The summed E-state index contributed by atoms with van der Waals surface area (Å²) in [6.07, 6.45) is 3.07. The number of hydrogen-bond donors (Lipinski definition) is 2. The molecule has 0 aliphatic carbocycles. The van der Waals surface area contributed by atoms with Crippen LogP contribution in [0.2, 0.25) is 5.02 Å². The van der Waals surface area contributed by atoms with Gasteiger partial charge in [0.1, 0.15) is 12.4 Å². The summed E-state index contributed by atoms with van der Waals surface area (Å²) in [5.74, 6) is 0.437. The molecular formula is C16H15BrClN3O2S. The van der Waals surface area contributed by atoms with Crippen LogP contribution in [-0.2, 0) is 0 Å². The molecule has 0 aliphatic heterocycles. The Kier molecular flexibility index (Phi) is 6.96. The van der Waals surface area contributed by atoms with Crippen molar-refractivity contribution in [3.05, 3.63) is 57.3 Å². The Hall–Kier alpha value is -1.70. The Bertz CT molecular complexity index is 758. The van der Waals surface area contributed by atoms with Gasteiger partial charge in [-0.1, -0.05) is 11.6 Å². The first kappa shape index (κ1) is 18.6. The lowest BCUT2D eigenvalue weighted by Crippen LogP contribution is -2.40. The van der Waals surface area contributed by atoms with E-state index in [4.69, 9.17) is 28.6 Å². The zero-order chi connectivity index (χ0) is 17.5. The Labute approximate surface area is 158 Å². The molecule has 1 aromatic carbocycles. The van der Waals surface area contributed by atoms with Crippen LogP contribution in [0.5, 0.6) is 5.75 Å². The number of pyridine rings is 1.